The number of nitrogens with zero attached hydrogens (tertiary/aromatic N) is 7. The van der Waals surface area contributed by atoms with Crippen molar-refractivity contribution in [3.8, 4) is 6.07 Å². The summed E-state index contributed by atoms with van der Waals surface area (Å²) in [4.78, 5) is 15.7. The maximum Gasteiger partial charge on any atom is 0.223 e. The van der Waals surface area contributed by atoms with Crippen LogP contribution in [-0.4, -0.2) is 29.5 Å². The Morgan fingerprint density at radius 1 is 1.15 bits per heavy atom. The lowest BCUT2D eigenvalue weighted by molar-refractivity contribution is 0.267. The number of fused-ring (bicyclic) bond motifs is 4. The molecule has 126 valence electrons. The summed E-state index contributed by atoms with van der Waals surface area (Å²) < 4.78 is 1.54. The molecule has 0 atom stereocenters. The van der Waals surface area contributed by atoms with Crippen molar-refractivity contribution in [1.29, 1.82) is 5.26 Å². The van der Waals surface area contributed by atoms with Gasteiger partial charge >= 0.3 is 0 Å². The van der Waals surface area contributed by atoms with E-state index in [0.29, 0.717) is 29.1 Å². The Morgan fingerprint density at radius 3 is 2.92 bits per heavy atom. The largest absolute Gasteiger partial charge is 0.368 e. The Kier molecular flexibility index (Phi) is 3.10. The van der Waals surface area contributed by atoms with Gasteiger partial charge in [0.25, 0.3) is 0 Å². The van der Waals surface area contributed by atoms with Crippen LogP contribution in [0.25, 0.3) is 16.6 Å². The number of anilines is 1. The lowest BCUT2D eigenvalue weighted by atomic mass is 10.1. The number of pyridine rings is 1. The number of hydrogen-bond donors (Lipinski definition) is 1. The highest BCUT2D eigenvalue weighted by molar-refractivity contribution is 5.95. The molecule has 4 aromatic rings. The second-order valence-corrected chi connectivity index (χ2v) is 6.30. The van der Waals surface area contributed by atoms with E-state index in [2.05, 4.69) is 37.1 Å². The predicted molar refractivity (Wildman–Crippen MR) is 94.6 cm³/mol. The molecule has 3 aromatic heterocycles. The van der Waals surface area contributed by atoms with Gasteiger partial charge in [-0.3, -0.25) is 9.88 Å². The molecule has 0 spiro atoms. The van der Waals surface area contributed by atoms with Crippen LogP contribution in [0.4, 0.5) is 5.95 Å². The van der Waals surface area contributed by atoms with E-state index in [1.807, 2.05) is 24.4 Å². The standard InChI is InChI=1S/C18H14N8/c19-7-11-3-1-5-13-16(11)23-18(20)26-17(13)22-15(24-26)10-25-8-12-4-2-6-21-14(12)9-25/h1-6H,8-10H2,(H2,20,23). The van der Waals surface area contributed by atoms with E-state index >= 15 is 0 Å². The average molecular weight is 342 g/mol. The molecule has 4 heterocycles. The van der Waals surface area contributed by atoms with Crippen molar-refractivity contribution in [1.82, 2.24) is 29.5 Å². The highest BCUT2D eigenvalue weighted by atomic mass is 15.4. The van der Waals surface area contributed by atoms with Crippen LogP contribution >= 0.6 is 0 Å². The van der Waals surface area contributed by atoms with Gasteiger partial charge in [0.05, 0.1) is 23.3 Å². The van der Waals surface area contributed by atoms with Crippen molar-refractivity contribution >= 4 is 22.5 Å². The summed E-state index contributed by atoms with van der Waals surface area (Å²) >= 11 is 0. The summed E-state index contributed by atoms with van der Waals surface area (Å²) in [6.07, 6.45) is 1.82. The zero-order valence-electron chi connectivity index (χ0n) is 13.8. The minimum absolute atomic E-state index is 0.223. The van der Waals surface area contributed by atoms with Gasteiger partial charge < -0.3 is 5.73 Å². The molecule has 1 aliphatic heterocycles. The molecule has 0 saturated heterocycles. The average Bonchev–Trinajstić information content (AvgIpc) is 3.25. The van der Waals surface area contributed by atoms with Gasteiger partial charge in [-0.15, -0.1) is 5.10 Å². The molecule has 0 bridgehead atoms. The van der Waals surface area contributed by atoms with Gasteiger partial charge in [-0.1, -0.05) is 12.1 Å². The van der Waals surface area contributed by atoms with Crippen molar-refractivity contribution < 1.29 is 0 Å². The van der Waals surface area contributed by atoms with E-state index in [-0.39, 0.29) is 5.95 Å². The van der Waals surface area contributed by atoms with Crippen LogP contribution in [-0.2, 0) is 19.6 Å². The normalized spacial score (nSPS) is 14.0. The Bertz CT molecular complexity index is 1180. The number of rotatable bonds is 2. The van der Waals surface area contributed by atoms with Crippen molar-refractivity contribution in [3.63, 3.8) is 0 Å². The highest BCUT2D eigenvalue weighted by Crippen LogP contribution is 2.24. The summed E-state index contributed by atoms with van der Waals surface area (Å²) in [6.45, 7) is 2.20. The molecule has 0 aliphatic carbocycles. The fourth-order valence-electron chi connectivity index (χ4n) is 3.43. The molecule has 5 rings (SSSR count). The van der Waals surface area contributed by atoms with Crippen LogP contribution in [0, 0.1) is 11.3 Å². The summed E-state index contributed by atoms with van der Waals surface area (Å²) in [5.41, 5.74) is 10.0. The lowest BCUT2D eigenvalue weighted by Gasteiger charge is -2.10. The van der Waals surface area contributed by atoms with Crippen LogP contribution in [0.1, 0.15) is 22.6 Å². The molecule has 26 heavy (non-hydrogen) atoms. The zero-order valence-corrected chi connectivity index (χ0v) is 13.8. The van der Waals surface area contributed by atoms with Crippen LogP contribution in [0.2, 0.25) is 0 Å². The van der Waals surface area contributed by atoms with Gasteiger partial charge in [-0.25, -0.2) is 9.97 Å². The number of para-hydroxylation sites is 1. The molecule has 1 aromatic carbocycles. The zero-order chi connectivity index (χ0) is 17.7. The summed E-state index contributed by atoms with van der Waals surface area (Å²) in [7, 11) is 0. The lowest BCUT2D eigenvalue weighted by Crippen LogP contribution is -2.16. The van der Waals surface area contributed by atoms with Crippen LogP contribution in [0.5, 0.6) is 0 Å². The molecule has 0 amide bonds. The predicted octanol–water partition coefficient (Wildman–Crippen LogP) is 1.64. The maximum absolute atomic E-state index is 9.29. The molecule has 0 fully saturated rings. The van der Waals surface area contributed by atoms with Gasteiger partial charge in [-0.05, 0) is 23.8 Å². The van der Waals surface area contributed by atoms with Gasteiger partial charge in [0, 0.05) is 24.7 Å². The molecule has 0 unspecified atom stereocenters. The maximum atomic E-state index is 9.29. The molecular weight excluding hydrogens is 328 g/mol. The van der Waals surface area contributed by atoms with Crippen LogP contribution in [0.15, 0.2) is 36.5 Å². The Hall–Kier alpha value is -3.57. The Morgan fingerprint density at radius 2 is 2.08 bits per heavy atom. The first-order valence-electron chi connectivity index (χ1n) is 8.22. The Labute approximate surface area is 148 Å². The first-order chi connectivity index (χ1) is 12.7. The third kappa shape index (κ3) is 2.18. The number of nitriles is 1. The molecule has 2 N–H and O–H groups in total. The molecule has 1 aliphatic rings. The second-order valence-electron chi connectivity index (χ2n) is 6.30. The fraction of sp³-hybridized carbons (Fsp3) is 0.167. The van der Waals surface area contributed by atoms with E-state index in [4.69, 9.17) is 5.73 Å². The number of aromatic nitrogens is 5. The number of hydrogen-bond acceptors (Lipinski definition) is 7. The summed E-state index contributed by atoms with van der Waals surface area (Å²) in [5, 5.41) is 14.6. The van der Waals surface area contributed by atoms with Crippen molar-refractivity contribution in [3.05, 3.63) is 59.2 Å². The third-order valence-electron chi connectivity index (χ3n) is 4.61. The second kappa shape index (κ2) is 5.47. The minimum atomic E-state index is 0.223. The number of nitrogens with two attached hydrogens (primary N) is 1. The van der Waals surface area contributed by atoms with Crippen LogP contribution < -0.4 is 5.73 Å². The SMILES string of the molecule is N#Cc1cccc2c1nc(N)n1nc(CN3Cc4cccnc4C3)nc21. The summed E-state index contributed by atoms with van der Waals surface area (Å²) in [6, 6.07) is 11.6. The highest BCUT2D eigenvalue weighted by Gasteiger charge is 2.22. The number of nitrogen functional groups attached to an aromatic ring is 1. The minimum Gasteiger partial charge on any atom is -0.368 e. The van der Waals surface area contributed by atoms with Crippen molar-refractivity contribution in [2.45, 2.75) is 19.6 Å². The molecule has 8 nitrogen and oxygen atoms in total. The van der Waals surface area contributed by atoms with Gasteiger partial charge in [0.15, 0.2) is 11.5 Å². The number of benzene rings is 1. The van der Waals surface area contributed by atoms with E-state index in [9.17, 15) is 5.26 Å². The molecular formula is C18H14N8. The molecule has 0 saturated carbocycles. The monoisotopic (exact) mass is 342 g/mol. The summed E-state index contributed by atoms with van der Waals surface area (Å²) in [5.74, 6) is 0.890. The van der Waals surface area contributed by atoms with E-state index in [0.717, 1.165) is 24.2 Å². The smallest absolute Gasteiger partial charge is 0.223 e. The van der Waals surface area contributed by atoms with Crippen molar-refractivity contribution in [2.75, 3.05) is 5.73 Å². The van der Waals surface area contributed by atoms with Gasteiger partial charge in [0.1, 0.15) is 6.07 Å². The quantitative estimate of drug-likeness (QED) is 0.590. The van der Waals surface area contributed by atoms with E-state index in [1.54, 1.807) is 10.6 Å². The first kappa shape index (κ1) is 14.7. The van der Waals surface area contributed by atoms with Gasteiger partial charge in [0.2, 0.25) is 5.95 Å². The first-order valence-corrected chi connectivity index (χ1v) is 8.22. The van der Waals surface area contributed by atoms with Crippen molar-refractivity contribution in [2.24, 2.45) is 0 Å². The fourth-order valence-corrected chi connectivity index (χ4v) is 3.43. The van der Waals surface area contributed by atoms with E-state index < -0.39 is 0 Å². The van der Waals surface area contributed by atoms with Crippen LogP contribution in [0.3, 0.4) is 0 Å². The molecule has 8 heteroatoms. The Balaban J connectivity index is 1.56. The third-order valence-corrected chi connectivity index (χ3v) is 4.61. The topological polar surface area (TPSA) is 109 Å². The van der Waals surface area contributed by atoms with Gasteiger partial charge in [-0.2, -0.15) is 9.78 Å². The van der Waals surface area contributed by atoms with E-state index in [1.165, 1.54) is 5.56 Å². The molecule has 0 radical (unpaired) electrons.